The van der Waals surface area contributed by atoms with Crippen LogP contribution in [0, 0.1) is 6.92 Å². The highest BCUT2D eigenvalue weighted by Gasteiger charge is 2.31. The maximum absolute atomic E-state index is 12.4. The fourth-order valence-corrected chi connectivity index (χ4v) is 4.03. The molecule has 0 saturated heterocycles. The average molecular weight is 421 g/mol. The number of aryl methyl sites for hydroxylation is 1. The van der Waals surface area contributed by atoms with Crippen LogP contribution in [-0.2, 0) is 18.4 Å². The van der Waals surface area contributed by atoms with Crippen molar-refractivity contribution in [2.75, 3.05) is 5.32 Å². The van der Waals surface area contributed by atoms with Gasteiger partial charge in [-0.15, -0.1) is 0 Å². The molecule has 4 rings (SSSR count). The smallest absolute Gasteiger partial charge is 0.346 e. The highest BCUT2D eigenvalue weighted by molar-refractivity contribution is 6.03. The van der Waals surface area contributed by atoms with E-state index >= 15 is 0 Å². The second kappa shape index (κ2) is 8.23. The second-order valence-corrected chi connectivity index (χ2v) is 8.85. The molecule has 1 aromatic heterocycles. The number of aliphatic hydroxyl groups is 1. The Morgan fingerprint density at radius 2 is 1.90 bits per heavy atom. The van der Waals surface area contributed by atoms with Crippen molar-refractivity contribution in [2.24, 2.45) is 4.99 Å². The zero-order valence-electron chi connectivity index (χ0n) is 18.2. The van der Waals surface area contributed by atoms with Gasteiger partial charge in [-0.3, -0.25) is 9.78 Å². The number of carbonyl (C=O) groups is 2. The third kappa shape index (κ3) is 4.66. The summed E-state index contributed by atoms with van der Waals surface area (Å²) in [5.74, 6) is 0.128. The number of nitrogens with zero attached hydrogens (tertiary/aromatic N) is 2. The summed E-state index contributed by atoms with van der Waals surface area (Å²) in [6.45, 7) is 5.37. The molecule has 3 amide bonds. The van der Waals surface area contributed by atoms with Gasteiger partial charge >= 0.3 is 6.03 Å². The Labute approximate surface area is 182 Å². The second-order valence-electron chi connectivity index (χ2n) is 8.85. The number of urea groups is 1. The molecule has 1 fully saturated rings. The molecule has 0 bridgehead atoms. The first-order chi connectivity index (χ1) is 14.7. The van der Waals surface area contributed by atoms with E-state index in [4.69, 9.17) is 4.98 Å². The van der Waals surface area contributed by atoms with Gasteiger partial charge in [-0.2, -0.15) is 4.99 Å². The molecule has 0 atom stereocenters. The van der Waals surface area contributed by atoms with E-state index in [2.05, 4.69) is 15.6 Å². The van der Waals surface area contributed by atoms with Crippen LogP contribution in [-0.4, -0.2) is 28.4 Å². The SMILES string of the molecule is Cc1c(C2CC2)nc2c(c1NC(=O)/N=C/NC(=O)c1ccc(C(C)(C)O)cc1)CCC2. The molecule has 162 valence electrons. The van der Waals surface area contributed by atoms with Gasteiger partial charge < -0.3 is 15.7 Å². The van der Waals surface area contributed by atoms with Crippen molar-refractivity contribution in [1.29, 1.82) is 0 Å². The van der Waals surface area contributed by atoms with Crippen LogP contribution in [0.4, 0.5) is 10.5 Å². The van der Waals surface area contributed by atoms with Crippen molar-refractivity contribution in [1.82, 2.24) is 10.3 Å². The summed E-state index contributed by atoms with van der Waals surface area (Å²) in [4.78, 5) is 33.4. The van der Waals surface area contributed by atoms with Gasteiger partial charge in [0.05, 0.1) is 11.3 Å². The summed E-state index contributed by atoms with van der Waals surface area (Å²) >= 11 is 0. The van der Waals surface area contributed by atoms with Crippen molar-refractivity contribution in [2.45, 2.75) is 64.4 Å². The topological polar surface area (TPSA) is 104 Å². The standard InChI is InChI=1S/C24H28N4O3/c1-14-20(15-7-8-15)27-19-6-4-5-18(19)21(14)28-23(30)26-13-25-22(29)16-9-11-17(12-10-16)24(2,3)31/h9-13,15,31H,4-8H2,1-3H3,(H2,25,26,27,28,29,30). The molecular weight excluding hydrogens is 392 g/mol. The lowest BCUT2D eigenvalue weighted by molar-refractivity contribution is 0.0784. The molecule has 1 aromatic carbocycles. The fraction of sp³-hybridized carbons (Fsp3) is 0.417. The molecule has 3 N–H and O–H groups in total. The largest absolute Gasteiger partial charge is 0.386 e. The van der Waals surface area contributed by atoms with Gasteiger partial charge in [-0.25, -0.2) is 4.79 Å². The summed E-state index contributed by atoms with van der Waals surface area (Å²) in [6.07, 6.45) is 6.32. The maximum Gasteiger partial charge on any atom is 0.346 e. The lowest BCUT2D eigenvalue weighted by Crippen LogP contribution is -2.23. The quantitative estimate of drug-likeness (QED) is 0.503. The van der Waals surface area contributed by atoms with E-state index in [9.17, 15) is 14.7 Å². The number of amides is 3. The van der Waals surface area contributed by atoms with Crippen LogP contribution in [0.3, 0.4) is 0 Å². The molecule has 1 heterocycles. The molecule has 0 spiro atoms. The van der Waals surface area contributed by atoms with Crippen molar-refractivity contribution in [3.63, 3.8) is 0 Å². The van der Waals surface area contributed by atoms with Crippen molar-refractivity contribution in [3.8, 4) is 0 Å². The predicted octanol–water partition coefficient (Wildman–Crippen LogP) is 3.97. The molecule has 0 unspecified atom stereocenters. The summed E-state index contributed by atoms with van der Waals surface area (Å²) in [5, 5.41) is 15.4. The van der Waals surface area contributed by atoms with Gasteiger partial charge in [0.1, 0.15) is 6.34 Å². The zero-order valence-corrected chi connectivity index (χ0v) is 18.2. The van der Waals surface area contributed by atoms with E-state index in [0.29, 0.717) is 17.0 Å². The van der Waals surface area contributed by atoms with Crippen molar-refractivity contribution in [3.05, 3.63) is 57.9 Å². The molecule has 2 aliphatic carbocycles. The monoisotopic (exact) mass is 420 g/mol. The number of rotatable bonds is 5. The van der Waals surface area contributed by atoms with E-state index in [1.165, 1.54) is 0 Å². The number of hydrogen-bond donors (Lipinski definition) is 3. The van der Waals surface area contributed by atoms with Crippen LogP contribution >= 0.6 is 0 Å². The van der Waals surface area contributed by atoms with E-state index in [0.717, 1.165) is 66.6 Å². The number of nitrogens with one attached hydrogen (secondary N) is 2. The van der Waals surface area contributed by atoms with E-state index in [1.807, 2.05) is 6.92 Å². The highest BCUT2D eigenvalue weighted by Crippen LogP contribution is 2.44. The molecule has 1 saturated carbocycles. The normalized spacial score (nSPS) is 15.7. The number of anilines is 1. The van der Waals surface area contributed by atoms with Crippen LogP contribution in [0.25, 0.3) is 0 Å². The van der Waals surface area contributed by atoms with Gasteiger partial charge in [0, 0.05) is 22.9 Å². The Bertz CT molecular complexity index is 1050. The fourth-order valence-electron chi connectivity index (χ4n) is 4.03. The Morgan fingerprint density at radius 3 is 2.55 bits per heavy atom. The summed E-state index contributed by atoms with van der Waals surface area (Å²) in [6, 6.07) is 6.12. The van der Waals surface area contributed by atoms with Crippen LogP contribution in [0.5, 0.6) is 0 Å². The van der Waals surface area contributed by atoms with E-state index in [1.54, 1.807) is 38.1 Å². The van der Waals surface area contributed by atoms with E-state index in [-0.39, 0.29) is 5.91 Å². The van der Waals surface area contributed by atoms with E-state index < -0.39 is 11.6 Å². The number of benzene rings is 1. The van der Waals surface area contributed by atoms with Crippen molar-refractivity contribution < 1.29 is 14.7 Å². The number of pyridine rings is 1. The summed E-state index contributed by atoms with van der Waals surface area (Å²) in [7, 11) is 0. The molecule has 0 radical (unpaired) electrons. The number of aromatic nitrogens is 1. The number of aliphatic imine (C=N–C) groups is 1. The number of carbonyl (C=O) groups excluding carboxylic acids is 2. The Balaban J connectivity index is 1.41. The Kier molecular flexibility index (Phi) is 5.62. The van der Waals surface area contributed by atoms with Gasteiger partial charge in [0.2, 0.25) is 0 Å². The molecule has 0 aliphatic heterocycles. The Hall–Kier alpha value is -3.06. The minimum absolute atomic E-state index is 0.379. The minimum Gasteiger partial charge on any atom is -0.386 e. The predicted molar refractivity (Wildman–Crippen MR) is 120 cm³/mol. The number of hydrogen-bond acceptors (Lipinski definition) is 4. The summed E-state index contributed by atoms with van der Waals surface area (Å²) in [5.41, 5.74) is 5.32. The van der Waals surface area contributed by atoms with Gasteiger partial charge in [-0.1, -0.05) is 12.1 Å². The lowest BCUT2D eigenvalue weighted by Gasteiger charge is -2.17. The first-order valence-electron chi connectivity index (χ1n) is 10.7. The molecule has 31 heavy (non-hydrogen) atoms. The van der Waals surface area contributed by atoms with Gasteiger partial charge in [0.15, 0.2) is 0 Å². The molecule has 7 heteroatoms. The minimum atomic E-state index is -0.973. The van der Waals surface area contributed by atoms with Crippen LogP contribution < -0.4 is 10.6 Å². The van der Waals surface area contributed by atoms with Gasteiger partial charge in [-0.05, 0) is 81.7 Å². The summed E-state index contributed by atoms with van der Waals surface area (Å²) < 4.78 is 0. The van der Waals surface area contributed by atoms with Gasteiger partial charge in [0.25, 0.3) is 5.91 Å². The zero-order chi connectivity index (χ0) is 22.2. The molecule has 2 aliphatic rings. The molecule has 7 nitrogen and oxygen atoms in total. The Morgan fingerprint density at radius 1 is 1.19 bits per heavy atom. The molecule has 2 aromatic rings. The molecular formula is C24H28N4O3. The van der Waals surface area contributed by atoms with Crippen LogP contribution in [0.1, 0.15) is 77.5 Å². The third-order valence-electron chi connectivity index (χ3n) is 5.93. The number of fused-ring (bicyclic) bond motifs is 1. The maximum atomic E-state index is 12.4. The van der Waals surface area contributed by atoms with Crippen LogP contribution in [0.2, 0.25) is 0 Å². The third-order valence-corrected chi connectivity index (χ3v) is 5.93. The van der Waals surface area contributed by atoms with Crippen molar-refractivity contribution >= 4 is 24.0 Å². The van der Waals surface area contributed by atoms with Crippen LogP contribution in [0.15, 0.2) is 29.3 Å². The highest BCUT2D eigenvalue weighted by atomic mass is 16.3. The first kappa shape index (κ1) is 21.2. The first-order valence-corrected chi connectivity index (χ1v) is 10.7. The lowest BCUT2D eigenvalue weighted by atomic mass is 9.97. The average Bonchev–Trinajstić information content (AvgIpc) is 3.46.